The van der Waals surface area contributed by atoms with E-state index in [1.54, 1.807) is 0 Å². The van der Waals surface area contributed by atoms with Crippen LogP contribution in [0.1, 0.15) is 25.7 Å². The number of hydrogen-bond donors (Lipinski definition) is 3. The van der Waals surface area contributed by atoms with Crippen LogP contribution in [0.5, 0.6) is 0 Å². The fraction of sp³-hybridized carbons (Fsp3) is 1.00. The highest BCUT2D eigenvalue weighted by Gasteiger charge is 1.85. The van der Waals surface area contributed by atoms with Crippen molar-refractivity contribution in [2.45, 2.75) is 25.7 Å². The smallest absolute Gasteiger partial charge is 0.00974 e. The number of nitrogens with one attached hydrogen (secondary N) is 1. The van der Waals surface area contributed by atoms with E-state index in [1.165, 1.54) is 12.8 Å². The van der Waals surface area contributed by atoms with Crippen LogP contribution in [-0.2, 0) is 0 Å². The Labute approximate surface area is 56.8 Å². The van der Waals surface area contributed by atoms with E-state index in [0.717, 1.165) is 25.9 Å². The number of nitrogens with two attached hydrogens (primary N) is 2. The molecule has 3 nitrogen and oxygen atoms in total. The number of hydrogen-bond acceptors (Lipinski definition) is 3. The average molecular weight is 131 g/mol. The second kappa shape index (κ2) is 7.88. The van der Waals surface area contributed by atoms with E-state index >= 15 is 0 Å². The Bertz CT molecular complexity index is 41.6. The molecule has 0 aliphatic rings. The summed E-state index contributed by atoms with van der Waals surface area (Å²) >= 11 is 0. The second-order valence-corrected chi connectivity index (χ2v) is 2.16. The van der Waals surface area contributed by atoms with E-state index in [1.807, 2.05) is 0 Å². The largest absolute Gasteiger partial charge is 0.330 e. The van der Waals surface area contributed by atoms with Crippen LogP contribution in [0.15, 0.2) is 0 Å². The molecule has 0 spiro atoms. The Balaban J connectivity index is 2.60. The maximum Gasteiger partial charge on any atom is 0.00974 e. The first-order valence-electron chi connectivity index (χ1n) is 3.55. The first kappa shape index (κ1) is 8.88. The summed E-state index contributed by atoms with van der Waals surface area (Å²) in [4.78, 5) is 0. The molecule has 3 heteroatoms. The first-order valence-corrected chi connectivity index (χ1v) is 3.55. The molecule has 0 radical (unpaired) electrons. The zero-order valence-corrected chi connectivity index (χ0v) is 5.90. The van der Waals surface area contributed by atoms with Crippen LogP contribution in [0, 0.1) is 0 Å². The Kier molecular flexibility index (Phi) is 7.77. The molecule has 0 aromatic carbocycles. The number of rotatable bonds is 6. The lowest BCUT2D eigenvalue weighted by Crippen LogP contribution is -2.22. The quantitative estimate of drug-likeness (QED) is 0.269. The minimum absolute atomic E-state index is 0.816. The molecule has 0 atom stereocenters. The van der Waals surface area contributed by atoms with Gasteiger partial charge in [-0.15, -0.1) is 0 Å². The van der Waals surface area contributed by atoms with E-state index in [4.69, 9.17) is 11.6 Å². The van der Waals surface area contributed by atoms with Crippen molar-refractivity contribution in [3.63, 3.8) is 0 Å². The molecule has 0 heterocycles. The maximum absolute atomic E-state index is 5.30. The molecule has 0 unspecified atom stereocenters. The van der Waals surface area contributed by atoms with Gasteiger partial charge in [0.1, 0.15) is 0 Å². The lowest BCUT2D eigenvalue weighted by molar-refractivity contribution is 0.603. The van der Waals surface area contributed by atoms with Crippen molar-refractivity contribution in [2.75, 3.05) is 13.1 Å². The van der Waals surface area contributed by atoms with Crippen LogP contribution >= 0.6 is 0 Å². The molecular weight excluding hydrogens is 114 g/mol. The Morgan fingerprint density at radius 2 is 1.67 bits per heavy atom. The van der Waals surface area contributed by atoms with Crippen molar-refractivity contribution in [3.05, 3.63) is 0 Å². The van der Waals surface area contributed by atoms with Gasteiger partial charge in [-0.2, -0.15) is 0 Å². The van der Waals surface area contributed by atoms with Gasteiger partial charge in [0, 0.05) is 6.54 Å². The lowest BCUT2D eigenvalue weighted by Gasteiger charge is -1.97. The fourth-order valence-electron chi connectivity index (χ4n) is 0.725. The minimum atomic E-state index is 0.816. The van der Waals surface area contributed by atoms with Crippen LogP contribution in [0.4, 0.5) is 0 Å². The molecule has 0 bridgehead atoms. The van der Waals surface area contributed by atoms with Gasteiger partial charge in [0.15, 0.2) is 0 Å². The summed E-state index contributed by atoms with van der Waals surface area (Å²) < 4.78 is 0. The summed E-state index contributed by atoms with van der Waals surface area (Å²) in [5.74, 6) is 5.07. The monoisotopic (exact) mass is 131 g/mol. The summed E-state index contributed by atoms with van der Waals surface area (Å²) in [6.45, 7) is 1.74. The second-order valence-electron chi connectivity index (χ2n) is 2.16. The Hall–Kier alpha value is -0.120. The summed E-state index contributed by atoms with van der Waals surface area (Å²) in [5.41, 5.74) is 7.92. The third-order valence-electron chi connectivity index (χ3n) is 1.28. The van der Waals surface area contributed by atoms with Crippen molar-refractivity contribution in [1.29, 1.82) is 0 Å². The van der Waals surface area contributed by atoms with Gasteiger partial charge in [0.25, 0.3) is 0 Å². The molecule has 0 saturated heterocycles. The molecule has 0 rings (SSSR count). The SMILES string of the molecule is NCCCCCCNN. The van der Waals surface area contributed by atoms with Gasteiger partial charge in [-0.3, -0.25) is 11.3 Å². The highest BCUT2D eigenvalue weighted by atomic mass is 15.2. The molecule has 0 aliphatic carbocycles. The zero-order valence-electron chi connectivity index (χ0n) is 5.90. The molecule has 0 amide bonds. The molecule has 9 heavy (non-hydrogen) atoms. The minimum Gasteiger partial charge on any atom is -0.330 e. The van der Waals surface area contributed by atoms with Crippen LogP contribution in [0.2, 0.25) is 0 Å². The van der Waals surface area contributed by atoms with Crippen LogP contribution in [0.3, 0.4) is 0 Å². The third-order valence-corrected chi connectivity index (χ3v) is 1.28. The highest BCUT2D eigenvalue weighted by Crippen LogP contribution is 1.95. The topological polar surface area (TPSA) is 64.1 Å². The third kappa shape index (κ3) is 7.88. The predicted octanol–water partition coefficient (Wildman–Crippen LogP) is -0.0312. The van der Waals surface area contributed by atoms with Gasteiger partial charge >= 0.3 is 0 Å². The van der Waals surface area contributed by atoms with E-state index in [-0.39, 0.29) is 0 Å². The van der Waals surface area contributed by atoms with Crippen molar-refractivity contribution < 1.29 is 0 Å². The van der Waals surface area contributed by atoms with Crippen molar-refractivity contribution in [2.24, 2.45) is 11.6 Å². The maximum atomic E-state index is 5.30. The predicted molar refractivity (Wildman–Crippen MR) is 39.7 cm³/mol. The average Bonchev–Trinajstić information content (AvgIpc) is 1.89. The molecule has 0 aromatic heterocycles. The summed E-state index contributed by atoms with van der Waals surface area (Å²) in [6.07, 6.45) is 4.78. The first-order chi connectivity index (χ1) is 4.41. The highest BCUT2D eigenvalue weighted by molar-refractivity contribution is 4.44. The molecule has 0 saturated carbocycles. The van der Waals surface area contributed by atoms with Crippen molar-refractivity contribution in [1.82, 2.24) is 5.43 Å². The standard InChI is InChI=1S/C6H17N3/c7-5-3-1-2-4-6-9-8/h9H,1-8H2. The molecule has 5 N–H and O–H groups in total. The summed E-state index contributed by atoms with van der Waals surface area (Å²) in [6, 6.07) is 0. The summed E-state index contributed by atoms with van der Waals surface area (Å²) in [7, 11) is 0. The van der Waals surface area contributed by atoms with E-state index in [0.29, 0.717) is 0 Å². The normalized spacial score (nSPS) is 10.0. The molecule has 56 valence electrons. The van der Waals surface area contributed by atoms with Crippen molar-refractivity contribution >= 4 is 0 Å². The van der Waals surface area contributed by atoms with E-state index in [2.05, 4.69) is 5.43 Å². The molecule has 0 aliphatic heterocycles. The fourth-order valence-corrected chi connectivity index (χ4v) is 0.725. The van der Waals surface area contributed by atoms with Gasteiger partial charge in [0.2, 0.25) is 0 Å². The molecular formula is C6H17N3. The van der Waals surface area contributed by atoms with Gasteiger partial charge < -0.3 is 5.73 Å². The van der Waals surface area contributed by atoms with E-state index < -0.39 is 0 Å². The number of unbranched alkanes of at least 4 members (excludes halogenated alkanes) is 3. The van der Waals surface area contributed by atoms with Crippen LogP contribution < -0.4 is 17.0 Å². The lowest BCUT2D eigenvalue weighted by atomic mass is 10.2. The van der Waals surface area contributed by atoms with Crippen LogP contribution in [-0.4, -0.2) is 13.1 Å². The van der Waals surface area contributed by atoms with Gasteiger partial charge in [-0.1, -0.05) is 12.8 Å². The van der Waals surface area contributed by atoms with Crippen LogP contribution in [0.25, 0.3) is 0 Å². The Morgan fingerprint density at radius 3 is 2.22 bits per heavy atom. The summed E-state index contributed by atoms with van der Waals surface area (Å²) in [5, 5.41) is 0. The van der Waals surface area contributed by atoms with Gasteiger partial charge in [-0.05, 0) is 19.4 Å². The van der Waals surface area contributed by atoms with E-state index in [9.17, 15) is 0 Å². The molecule has 0 aromatic rings. The Morgan fingerprint density at radius 1 is 1.00 bits per heavy atom. The molecule has 0 fully saturated rings. The number of hydrazine groups is 1. The van der Waals surface area contributed by atoms with Gasteiger partial charge in [-0.25, -0.2) is 0 Å². The zero-order chi connectivity index (χ0) is 6.95. The van der Waals surface area contributed by atoms with Gasteiger partial charge in [0.05, 0.1) is 0 Å². The van der Waals surface area contributed by atoms with Crippen molar-refractivity contribution in [3.8, 4) is 0 Å².